The van der Waals surface area contributed by atoms with E-state index in [1.807, 2.05) is 0 Å². The summed E-state index contributed by atoms with van der Waals surface area (Å²) in [6.07, 6.45) is 3.50. The summed E-state index contributed by atoms with van der Waals surface area (Å²) < 4.78 is 5.18. The topological polar surface area (TPSA) is 84.0 Å². The monoisotopic (exact) mass is 352 g/mol. The fraction of sp³-hybridized carbons (Fsp3) is 0.778. The number of rotatable bonds is 5. The molecule has 1 saturated heterocycles. The van der Waals surface area contributed by atoms with Crippen molar-refractivity contribution in [2.75, 3.05) is 20.1 Å². The normalized spacial score (nSPS) is 23.4. The van der Waals surface area contributed by atoms with E-state index in [4.69, 9.17) is 4.74 Å². The van der Waals surface area contributed by atoms with Crippen molar-refractivity contribution < 1.29 is 23.9 Å². The fourth-order valence-corrected chi connectivity index (χ4v) is 3.51. The van der Waals surface area contributed by atoms with Crippen molar-refractivity contribution in [3.63, 3.8) is 0 Å². The quantitative estimate of drug-likeness (QED) is 0.551. The van der Waals surface area contributed by atoms with Crippen molar-refractivity contribution in [1.29, 1.82) is 0 Å². The Morgan fingerprint density at radius 1 is 1.12 bits per heavy atom. The first-order valence-corrected chi connectivity index (χ1v) is 8.91. The van der Waals surface area contributed by atoms with Crippen molar-refractivity contribution >= 4 is 23.7 Å². The lowest BCUT2D eigenvalue weighted by atomic mass is 9.81. The number of nitrogens with zero attached hydrogens (tertiary/aromatic N) is 2. The number of ether oxygens (including phenoxy) is 1. The van der Waals surface area contributed by atoms with Gasteiger partial charge in [0.05, 0.1) is 11.8 Å². The Kier molecular flexibility index (Phi) is 5.85. The summed E-state index contributed by atoms with van der Waals surface area (Å²) in [6.45, 7) is 5.22. The number of esters is 1. The molecule has 2 rings (SSSR count). The van der Waals surface area contributed by atoms with E-state index in [2.05, 4.69) is 0 Å². The summed E-state index contributed by atoms with van der Waals surface area (Å²) >= 11 is 0. The van der Waals surface area contributed by atoms with Gasteiger partial charge < -0.3 is 9.64 Å². The van der Waals surface area contributed by atoms with Crippen LogP contribution in [0.3, 0.4) is 0 Å². The highest BCUT2D eigenvalue weighted by Crippen LogP contribution is 2.37. The van der Waals surface area contributed by atoms with Crippen molar-refractivity contribution in [3.8, 4) is 0 Å². The molecular weight excluding hydrogens is 324 g/mol. The highest BCUT2D eigenvalue weighted by Gasteiger charge is 2.47. The van der Waals surface area contributed by atoms with E-state index in [9.17, 15) is 19.2 Å². The van der Waals surface area contributed by atoms with Crippen LogP contribution in [0.2, 0.25) is 0 Å². The number of imide groups is 1. The maximum absolute atomic E-state index is 12.4. The van der Waals surface area contributed by atoms with E-state index in [1.165, 1.54) is 16.8 Å². The van der Waals surface area contributed by atoms with Gasteiger partial charge in [0.1, 0.15) is 12.1 Å². The Hall–Kier alpha value is -1.92. The molecule has 0 aromatic carbocycles. The molecule has 1 heterocycles. The Balaban J connectivity index is 1.84. The number of carbonyl (C=O) groups is 4. The van der Waals surface area contributed by atoms with Gasteiger partial charge >= 0.3 is 5.97 Å². The summed E-state index contributed by atoms with van der Waals surface area (Å²) in [6, 6.07) is 0. The van der Waals surface area contributed by atoms with Crippen LogP contribution in [0.4, 0.5) is 0 Å². The Bertz CT molecular complexity index is 542. The van der Waals surface area contributed by atoms with Crippen molar-refractivity contribution in [1.82, 2.24) is 9.80 Å². The maximum atomic E-state index is 12.4. The third kappa shape index (κ3) is 4.80. The van der Waals surface area contributed by atoms with Gasteiger partial charge in [-0.05, 0) is 33.6 Å². The number of fused-ring (bicyclic) bond motifs is 1. The molecule has 0 aromatic rings. The first-order valence-electron chi connectivity index (χ1n) is 8.91. The second kappa shape index (κ2) is 7.54. The maximum Gasteiger partial charge on any atom is 0.326 e. The van der Waals surface area contributed by atoms with E-state index in [0.717, 1.165) is 25.7 Å². The lowest BCUT2D eigenvalue weighted by Gasteiger charge is -2.23. The van der Waals surface area contributed by atoms with E-state index in [1.54, 1.807) is 20.8 Å². The molecule has 1 aliphatic carbocycles. The number of carbonyl (C=O) groups excluding carboxylic acids is 4. The molecule has 2 atom stereocenters. The van der Waals surface area contributed by atoms with Crippen LogP contribution in [0.5, 0.6) is 0 Å². The van der Waals surface area contributed by atoms with Crippen LogP contribution in [-0.2, 0) is 23.9 Å². The summed E-state index contributed by atoms with van der Waals surface area (Å²) in [5.74, 6) is -1.45. The molecule has 0 N–H and O–H groups in total. The van der Waals surface area contributed by atoms with Gasteiger partial charge in [0, 0.05) is 20.0 Å². The lowest BCUT2D eigenvalue weighted by Crippen LogP contribution is -2.39. The fourth-order valence-electron chi connectivity index (χ4n) is 3.51. The van der Waals surface area contributed by atoms with Crippen LogP contribution in [0.15, 0.2) is 0 Å². The number of likely N-dealkylation sites (N-methyl/N-ethyl adjacent to an activating group) is 1. The Morgan fingerprint density at radius 3 is 2.12 bits per heavy atom. The van der Waals surface area contributed by atoms with Crippen molar-refractivity contribution in [2.45, 2.75) is 58.5 Å². The van der Waals surface area contributed by atoms with Gasteiger partial charge in [-0.25, -0.2) is 0 Å². The third-order valence-electron chi connectivity index (χ3n) is 4.69. The number of hydrogen-bond acceptors (Lipinski definition) is 5. The summed E-state index contributed by atoms with van der Waals surface area (Å²) in [4.78, 5) is 51.2. The second-order valence-corrected chi connectivity index (χ2v) is 7.91. The molecule has 7 heteroatoms. The molecule has 140 valence electrons. The summed E-state index contributed by atoms with van der Waals surface area (Å²) in [5, 5.41) is 0. The van der Waals surface area contributed by atoms with Gasteiger partial charge in [0.15, 0.2) is 0 Å². The Morgan fingerprint density at radius 2 is 1.64 bits per heavy atom. The highest BCUT2D eigenvalue weighted by molar-refractivity contribution is 6.05. The number of hydrogen-bond donors (Lipinski definition) is 0. The predicted octanol–water partition coefficient (Wildman–Crippen LogP) is 1.35. The lowest BCUT2D eigenvalue weighted by molar-refractivity contribution is -0.158. The minimum Gasteiger partial charge on any atom is -0.459 e. The molecule has 1 saturated carbocycles. The zero-order chi connectivity index (χ0) is 18.8. The third-order valence-corrected chi connectivity index (χ3v) is 4.69. The van der Waals surface area contributed by atoms with Crippen LogP contribution in [0.1, 0.15) is 52.9 Å². The largest absolute Gasteiger partial charge is 0.459 e. The van der Waals surface area contributed by atoms with Gasteiger partial charge in [-0.2, -0.15) is 0 Å². The van der Waals surface area contributed by atoms with Crippen LogP contribution in [0, 0.1) is 11.8 Å². The SMILES string of the molecule is CN(CC(=O)OC(C)(C)C)C(=O)CCN1C(=O)C2CCCCC2C1=O. The molecule has 0 bridgehead atoms. The second-order valence-electron chi connectivity index (χ2n) is 7.91. The summed E-state index contributed by atoms with van der Waals surface area (Å²) in [7, 11) is 1.51. The first-order chi connectivity index (χ1) is 11.6. The molecule has 0 spiro atoms. The number of amides is 3. The van der Waals surface area contributed by atoms with E-state index >= 15 is 0 Å². The molecule has 2 fully saturated rings. The molecule has 25 heavy (non-hydrogen) atoms. The standard InChI is InChI=1S/C18H28N2O5/c1-18(2,3)25-15(22)11-19(4)14(21)9-10-20-16(23)12-7-5-6-8-13(12)17(20)24/h12-13H,5-11H2,1-4H3. The summed E-state index contributed by atoms with van der Waals surface area (Å²) in [5.41, 5.74) is -0.606. The average Bonchev–Trinajstić information content (AvgIpc) is 2.75. The molecular formula is C18H28N2O5. The van der Waals surface area contributed by atoms with Gasteiger partial charge in [-0.1, -0.05) is 12.8 Å². The molecule has 7 nitrogen and oxygen atoms in total. The van der Waals surface area contributed by atoms with E-state index in [-0.39, 0.29) is 49.1 Å². The molecule has 2 unspecified atom stereocenters. The molecule has 0 radical (unpaired) electrons. The zero-order valence-electron chi connectivity index (χ0n) is 15.5. The van der Waals surface area contributed by atoms with Crippen molar-refractivity contribution in [2.24, 2.45) is 11.8 Å². The van der Waals surface area contributed by atoms with E-state index < -0.39 is 11.6 Å². The first kappa shape index (κ1) is 19.4. The van der Waals surface area contributed by atoms with Crippen LogP contribution in [-0.4, -0.2) is 59.2 Å². The number of likely N-dealkylation sites (tertiary alicyclic amines) is 1. The zero-order valence-corrected chi connectivity index (χ0v) is 15.5. The van der Waals surface area contributed by atoms with Crippen LogP contribution >= 0.6 is 0 Å². The predicted molar refractivity (Wildman–Crippen MR) is 90.3 cm³/mol. The minimum atomic E-state index is -0.606. The van der Waals surface area contributed by atoms with Crippen LogP contribution in [0.25, 0.3) is 0 Å². The van der Waals surface area contributed by atoms with Crippen molar-refractivity contribution in [3.05, 3.63) is 0 Å². The molecule has 0 aromatic heterocycles. The molecule has 3 amide bonds. The molecule has 1 aliphatic heterocycles. The Labute approximate surface area is 148 Å². The van der Waals surface area contributed by atoms with E-state index in [0.29, 0.717) is 0 Å². The smallest absolute Gasteiger partial charge is 0.326 e. The van der Waals surface area contributed by atoms with Gasteiger partial charge in [0.2, 0.25) is 17.7 Å². The van der Waals surface area contributed by atoms with Gasteiger partial charge in [-0.3, -0.25) is 24.1 Å². The minimum absolute atomic E-state index is 0.0240. The van der Waals surface area contributed by atoms with Gasteiger partial charge in [-0.15, -0.1) is 0 Å². The van der Waals surface area contributed by atoms with Gasteiger partial charge in [0.25, 0.3) is 0 Å². The van der Waals surface area contributed by atoms with Crippen LogP contribution < -0.4 is 0 Å². The highest BCUT2D eigenvalue weighted by atomic mass is 16.6. The molecule has 2 aliphatic rings. The average molecular weight is 352 g/mol.